The van der Waals surface area contributed by atoms with Crippen LogP contribution < -0.4 is 0 Å². The van der Waals surface area contributed by atoms with Crippen LogP contribution in [0.15, 0.2) is 12.7 Å². The third-order valence-electron chi connectivity index (χ3n) is 3.77. The minimum absolute atomic E-state index is 0.173. The highest BCUT2D eigenvalue weighted by molar-refractivity contribution is 5.69. The zero-order valence-corrected chi connectivity index (χ0v) is 13.2. The second-order valence-corrected chi connectivity index (χ2v) is 5.76. The number of carboxylic acids is 1. The second kappa shape index (κ2) is 10.6. The number of halogens is 5. The molecule has 7 heteroatoms. The molecule has 1 N–H and O–H groups in total. The SMILES string of the molecule is C=CCCCCCC(CCCCCC(F)(F)C(F)(F)F)C(=O)O. The molecule has 0 heterocycles. The predicted octanol–water partition coefficient (Wildman–Crippen LogP) is 5.97. The Morgan fingerprint density at radius 1 is 0.957 bits per heavy atom. The minimum Gasteiger partial charge on any atom is -0.481 e. The van der Waals surface area contributed by atoms with E-state index in [0.29, 0.717) is 19.3 Å². The Balaban J connectivity index is 3.93. The predicted molar refractivity (Wildman–Crippen MR) is 78.5 cm³/mol. The number of unbranched alkanes of at least 4 members (excludes halogenated alkanes) is 5. The van der Waals surface area contributed by atoms with Crippen molar-refractivity contribution in [3.63, 3.8) is 0 Å². The lowest BCUT2D eigenvalue weighted by Gasteiger charge is -2.19. The fourth-order valence-electron chi connectivity index (χ4n) is 2.30. The van der Waals surface area contributed by atoms with E-state index in [4.69, 9.17) is 5.11 Å². The van der Waals surface area contributed by atoms with Crippen LogP contribution in [-0.2, 0) is 4.79 Å². The Morgan fingerprint density at radius 2 is 1.48 bits per heavy atom. The smallest absolute Gasteiger partial charge is 0.453 e. The van der Waals surface area contributed by atoms with E-state index in [0.717, 1.165) is 25.7 Å². The monoisotopic (exact) mass is 344 g/mol. The van der Waals surface area contributed by atoms with Crippen LogP contribution in [0.5, 0.6) is 0 Å². The quantitative estimate of drug-likeness (QED) is 0.254. The summed E-state index contributed by atoms with van der Waals surface area (Å²) in [6.07, 6.45) is -0.400. The molecule has 1 atom stereocenters. The third-order valence-corrected chi connectivity index (χ3v) is 3.77. The molecule has 0 saturated heterocycles. The van der Waals surface area contributed by atoms with Gasteiger partial charge in [-0.2, -0.15) is 22.0 Å². The lowest BCUT2D eigenvalue weighted by molar-refractivity contribution is -0.284. The third kappa shape index (κ3) is 9.56. The van der Waals surface area contributed by atoms with E-state index < -0.39 is 30.4 Å². The maximum Gasteiger partial charge on any atom is 0.453 e. The number of hydrogen-bond acceptors (Lipinski definition) is 1. The van der Waals surface area contributed by atoms with Crippen molar-refractivity contribution in [1.82, 2.24) is 0 Å². The van der Waals surface area contributed by atoms with E-state index in [9.17, 15) is 26.7 Å². The first-order valence-electron chi connectivity index (χ1n) is 7.90. The van der Waals surface area contributed by atoms with Gasteiger partial charge in [0.05, 0.1) is 5.92 Å². The molecule has 0 amide bonds. The highest BCUT2D eigenvalue weighted by atomic mass is 19.4. The fourth-order valence-corrected chi connectivity index (χ4v) is 2.30. The van der Waals surface area contributed by atoms with Crippen molar-refractivity contribution in [3.05, 3.63) is 12.7 Å². The first kappa shape index (κ1) is 21.9. The van der Waals surface area contributed by atoms with Gasteiger partial charge in [-0.3, -0.25) is 4.79 Å². The maximum atomic E-state index is 12.7. The van der Waals surface area contributed by atoms with E-state index in [1.54, 1.807) is 6.08 Å². The van der Waals surface area contributed by atoms with Crippen LogP contribution in [0.25, 0.3) is 0 Å². The molecule has 0 saturated carbocycles. The molecule has 1 unspecified atom stereocenters. The molecule has 0 aromatic rings. The van der Waals surface area contributed by atoms with Crippen molar-refractivity contribution in [2.75, 3.05) is 0 Å². The number of hydrogen-bond donors (Lipinski definition) is 1. The molecule has 23 heavy (non-hydrogen) atoms. The Hall–Kier alpha value is -1.14. The topological polar surface area (TPSA) is 37.3 Å². The lowest BCUT2D eigenvalue weighted by Crippen LogP contribution is -2.36. The van der Waals surface area contributed by atoms with E-state index >= 15 is 0 Å². The number of rotatable bonds is 13. The van der Waals surface area contributed by atoms with Crippen molar-refractivity contribution in [3.8, 4) is 0 Å². The number of carboxylic acid groups (broad SMARTS) is 1. The van der Waals surface area contributed by atoms with Crippen molar-refractivity contribution < 1.29 is 31.9 Å². The van der Waals surface area contributed by atoms with Gasteiger partial charge < -0.3 is 5.11 Å². The van der Waals surface area contributed by atoms with Gasteiger partial charge in [0.25, 0.3) is 0 Å². The summed E-state index contributed by atoms with van der Waals surface area (Å²) < 4.78 is 61.3. The van der Waals surface area contributed by atoms with E-state index in [2.05, 4.69) is 6.58 Å². The van der Waals surface area contributed by atoms with Crippen LogP contribution in [0.4, 0.5) is 22.0 Å². The molecule has 0 fully saturated rings. The Bertz CT molecular complexity index is 353. The summed E-state index contributed by atoms with van der Waals surface area (Å²) in [4.78, 5) is 11.1. The summed E-state index contributed by atoms with van der Waals surface area (Å²) in [7, 11) is 0. The molecule has 0 rings (SSSR count). The van der Waals surface area contributed by atoms with Gasteiger partial charge >= 0.3 is 18.1 Å². The molecule has 0 radical (unpaired) electrons. The van der Waals surface area contributed by atoms with Gasteiger partial charge in [-0.05, 0) is 32.1 Å². The highest BCUT2D eigenvalue weighted by Crippen LogP contribution is 2.39. The van der Waals surface area contributed by atoms with Gasteiger partial charge in [-0.25, -0.2) is 0 Å². The number of carbonyl (C=O) groups is 1. The van der Waals surface area contributed by atoms with Crippen LogP contribution in [0.2, 0.25) is 0 Å². The summed E-state index contributed by atoms with van der Waals surface area (Å²) in [5, 5.41) is 9.08. The standard InChI is InChI=1S/C16H25F5O2/c1-2-3-4-5-7-10-13(14(22)23)11-8-6-9-12-15(17,18)16(19,20)21/h2,13H,1,3-12H2,(H,22,23). The molecule has 136 valence electrons. The molecular weight excluding hydrogens is 319 g/mol. The molecule has 0 bridgehead atoms. The molecule has 0 aliphatic heterocycles. The average Bonchev–Trinajstić information content (AvgIpc) is 2.42. The minimum atomic E-state index is -5.51. The summed E-state index contributed by atoms with van der Waals surface area (Å²) in [6.45, 7) is 3.59. The Labute approximate surface area is 133 Å². The average molecular weight is 344 g/mol. The Morgan fingerprint density at radius 3 is 1.91 bits per heavy atom. The van der Waals surface area contributed by atoms with Crippen LogP contribution in [0, 0.1) is 5.92 Å². The molecular formula is C16H25F5O2. The zero-order valence-electron chi connectivity index (χ0n) is 13.2. The fraction of sp³-hybridized carbons (Fsp3) is 0.812. The number of allylic oxidation sites excluding steroid dienone is 1. The van der Waals surface area contributed by atoms with E-state index in [-0.39, 0.29) is 12.8 Å². The van der Waals surface area contributed by atoms with Gasteiger partial charge in [0, 0.05) is 6.42 Å². The van der Waals surface area contributed by atoms with E-state index in [1.165, 1.54) is 0 Å². The van der Waals surface area contributed by atoms with Gasteiger partial charge in [-0.1, -0.05) is 31.8 Å². The van der Waals surface area contributed by atoms with Gasteiger partial charge in [0.1, 0.15) is 0 Å². The number of aliphatic carboxylic acids is 1. The lowest BCUT2D eigenvalue weighted by atomic mass is 9.94. The molecule has 0 spiro atoms. The van der Waals surface area contributed by atoms with Crippen molar-refractivity contribution in [2.45, 2.75) is 76.3 Å². The van der Waals surface area contributed by atoms with Crippen LogP contribution in [0.1, 0.15) is 64.2 Å². The largest absolute Gasteiger partial charge is 0.481 e. The summed E-state index contributed by atoms with van der Waals surface area (Å²) in [5.41, 5.74) is 0. The molecule has 0 aliphatic rings. The van der Waals surface area contributed by atoms with Crippen molar-refractivity contribution >= 4 is 5.97 Å². The van der Waals surface area contributed by atoms with Gasteiger partial charge in [-0.15, -0.1) is 6.58 Å². The number of alkyl halides is 5. The molecule has 2 nitrogen and oxygen atoms in total. The highest BCUT2D eigenvalue weighted by Gasteiger charge is 2.56. The van der Waals surface area contributed by atoms with Gasteiger partial charge in [0.2, 0.25) is 0 Å². The summed E-state index contributed by atoms with van der Waals surface area (Å²) >= 11 is 0. The summed E-state index contributed by atoms with van der Waals surface area (Å²) in [5.74, 6) is -6.15. The summed E-state index contributed by atoms with van der Waals surface area (Å²) in [6, 6.07) is 0. The molecule has 0 aliphatic carbocycles. The molecule has 0 aromatic heterocycles. The molecule has 0 aromatic carbocycles. The zero-order chi connectivity index (χ0) is 17.9. The van der Waals surface area contributed by atoms with Crippen LogP contribution >= 0.6 is 0 Å². The first-order chi connectivity index (χ1) is 10.6. The Kier molecular flexibility index (Phi) is 10.1. The van der Waals surface area contributed by atoms with E-state index in [1.807, 2.05) is 0 Å². The van der Waals surface area contributed by atoms with Gasteiger partial charge in [0.15, 0.2) is 0 Å². The van der Waals surface area contributed by atoms with Crippen LogP contribution in [0.3, 0.4) is 0 Å². The second-order valence-electron chi connectivity index (χ2n) is 5.76. The maximum absolute atomic E-state index is 12.7. The van der Waals surface area contributed by atoms with Crippen LogP contribution in [-0.4, -0.2) is 23.2 Å². The van der Waals surface area contributed by atoms with Crippen molar-refractivity contribution in [2.24, 2.45) is 5.92 Å². The normalized spacial score (nSPS) is 13.8. The van der Waals surface area contributed by atoms with Crippen molar-refractivity contribution in [1.29, 1.82) is 0 Å². The first-order valence-corrected chi connectivity index (χ1v) is 7.90.